The summed E-state index contributed by atoms with van der Waals surface area (Å²) in [6.07, 6.45) is 4.69. The summed E-state index contributed by atoms with van der Waals surface area (Å²) in [5.41, 5.74) is 7.74. The second-order valence-corrected chi connectivity index (χ2v) is 6.59. The van der Waals surface area contributed by atoms with Crippen molar-refractivity contribution in [3.8, 4) is 0 Å². The number of anilines is 1. The van der Waals surface area contributed by atoms with Crippen molar-refractivity contribution in [1.82, 2.24) is 5.32 Å². The largest absolute Gasteiger partial charge is 0.368 e. The summed E-state index contributed by atoms with van der Waals surface area (Å²) >= 11 is 3.53. The molecule has 0 aliphatic heterocycles. The Labute approximate surface area is 135 Å². The minimum Gasteiger partial charge on any atom is -0.368 e. The van der Waals surface area contributed by atoms with Gasteiger partial charge in [-0.25, -0.2) is 0 Å². The van der Waals surface area contributed by atoms with E-state index in [9.17, 15) is 4.79 Å². The SMILES string of the molecule is CCCCN(CC(N)=O)c1cc(Br)ccc1CNC1CC1. The van der Waals surface area contributed by atoms with E-state index in [1.165, 1.54) is 18.4 Å². The molecule has 1 aliphatic carbocycles. The number of unbranched alkanes of at least 4 members (excludes halogenated alkanes) is 1. The Morgan fingerprint density at radius 3 is 2.86 bits per heavy atom. The number of halogens is 1. The number of rotatable bonds is 9. The van der Waals surface area contributed by atoms with Crippen LogP contribution in [0.4, 0.5) is 5.69 Å². The summed E-state index contributed by atoms with van der Waals surface area (Å²) in [7, 11) is 0. The van der Waals surface area contributed by atoms with Crippen molar-refractivity contribution in [3.05, 3.63) is 28.2 Å². The van der Waals surface area contributed by atoms with Crippen LogP contribution in [0.3, 0.4) is 0 Å². The van der Waals surface area contributed by atoms with Crippen molar-refractivity contribution in [2.75, 3.05) is 18.0 Å². The first kappa shape index (κ1) is 16.3. The summed E-state index contributed by atoms with van der Waals surface area (Å²) in [6, 6.07) is 6.93. The number of nitrogens with zero attached hydrogens (tertiary/aromatic N) is 1. The molecule has 21 heavy (non-hydrogen) atoms. The van der Waals surface area contributed by atoms with E-state index in [4.69, 9.17) is 5.73 Å². The number of carbonyl (C=O) groups excluding carboxylic acids is 1. The molecule has 1 fully saturated rings. The summed E-state index contributed by atoms with van der Waals surface area (Å²) in [5, 5.41) is 3.54. The first-order valence-corrected chi connectivity index (χ1v) is 8.44. The van der Waals surface area contributed by atoms with Gasteiger partial charge in [-0.05, 0) is 37.0 Å². The number of primary amides is 1. The molecule has 0 atom stereocenters. The molecule has 116 valence electrons. The Hall–Kier alpha value is -1.07. The van der Waals surface area contributed by atoms with Crippen LogP contribution in [0.5, 0.6) is 0 Å². The highest BCUT2D eigenvalue weighted by Crippen LogP contribution is 2.27. The van der Waals surface area contributed by atoms with Crippen LogP contribution < -0.4 is 16.0 Å². The Morgan fingerprint density at radius 1 is 1.48 bits per heavy atom. The maximum atomic E-state index is 11.4. The number of carbonyl (C=O) groups is 1. The molecule has 5 heteroatoms. The first-order chi connectivity index (χ1) is 10.1. The molecule has 0 radical (unpaired) electrons. The Bertz CT molecular complexity index is 488. The molecule has 3 N–H and O–H groups in total. The van der Waals surface area contributed by atoms with Crippen LogP contribution in [0.1, 0.15) is 38.2 Å². The number of nitrogens with one attached hydrogen (secondary N) is 1. The van der Waals surface area contributed by atoms with Crippen molar-refractivity contribution >= 4 is 27.5 Å². The lowest BCUT2D eigenvalue weighted by Gasteiger charge is -2.26. The van der Waals surface area contributed by atoms with Gasteiger partial charge in [-0.2, -0.15) is 0 Å². The van der Waals surface area contributed by atoms with Gasteiger partial charge in [0.05, 0.1) is 6.54 Å². The molecule has 0 saturated heterocycles. The van der Waals surface area contributed by atoms with E-state index in [1.54, 1.807) is 0 Å². The molecule has 1 aromatic carbocycles. The minimum atomic E-state index is -0.285. The van der Waals surface area contributed by atoms with Crippen molar-refractivity contribution in [3.63, 3.8) is 0 Å². The van der Waals surface area contributed by atoms with Gasteiger partial charge in [0.15, 0.2) is 0 Å². The second-order valence-electron chi connectivity index (χ2n) is 5.67. The molecule has 0 spiro atoms. The van der Waals surface area contributed by atoms with E-state index in [0.717, 1.165) is 36.1 Å². The van der Waals surface area contributed by atoms with Crippen molar-refractivity contribution in [2.45, 2.75) is 45.2 Å². The van der Waals surface area contributed by atoms with E-state index in [2.05, 4.69) is 51.3 Å². The number of nitrogens with two attached hydrogens (primary N) is 1. The molecule has 0 aromatic heterocycles. The molecule has 0 heterocycles. The minimum absolute atomic E-state index is 0.271. The molecule has 1 aliphatic rings. The van der Waals surface area contributed by atoms with Crippen LogP contribution in [0.2, 0.25) is 0 Å². The lowest BCUT2D eigenvalue weighted by molar-refractivity contribution is -0.116. The van der Waals surface area contributed by atoms with Gasteiger partial charge in [0.1, 0.15) is 0 Å². The average molecular weight is 354 g/mol. The van der Waals surface area contributed by atoms with Gasteiger partial charge in [-0.15, -0.1) is 0 Å². The molecule has 0 unspecified atom stereocenters. The highest BCUT2D eigenvalue weighted by molar-refractivity contribution is 9.10. The number of amides is 1. The summed E-state index contributed by atoms with van der Waals surface area (Å²) in [6.45, 7) is 4.12. The van der Waals surface area contributed by atoms with Crippen LogP contribution >= 0.6 is 15.9 Å². The second kappa shape index (κ2) is 7.80. The quantitative estimate of drug-likeness (QED) is 0.717. The smallest absolute Gasteiger partial charge is 0.236 e. The van der Waals surface area contributed by atoms with E-state index >= 15 is 0 Å². The van der Waals surface area contributed by atoms with Crippen molar-refractivity contribution in [1.29, 1.82) is 0 Å². The van der Waals surface area contributed by atoms with Gasteiger partial charge in [0.2, 0.25) is 5.91 Å². The van der Waals surface area contributed by atoms with Crippen LogP contribution in [0.15, 0.2) is 22.7 Å². The third-order valence-corrected chi connectivity index (χ3v) is 4.17. The summed E-state index contributed by atoms with van der Waals surface area (Å²) < 4.78 is 1.03. The maximum Gasteiger partial charge on any atom is 0.236 e. The first-order valence-electron chi connectivity index (χ1n) is 7.65. The summed E-state index contributed by atoms with van der Waals surface area (Å²) in [4.78, 5) is 13.5. The van der Waals surface area contributed by atoms with Crippen LogP contribution in [0.25, 0.3) is 0 Å². The highest BCUT2D eigenvalue weighted by atomic mass is 79.9. The van der Waals surface area contributed by atoms with Gasteiger partial charge in [-0.3, -0.25) is 4.79 Å². The highest BCUT2D eigenvalue weighted by Gasteiger charge is 2.21. The number of benzene rings is 1. The number of hydrogen-bond acceptors (Lipinski definition) is 3. The molecule has 2 rings (SSSR count). The average Bonchev–Trinajstić information content (AvgIpc) is 3.26. The molecule has 1 saturated carbocycles. The molecule has 0 bridgehead atoms. The third kappa shape index (κ3) is 5.32. The third-order valence-electron chi connectivity index (χ3n) is 3.67. The standard InChI is InChI=1S/C16H24BrN3O/c1-2-3-8-20(11-16(18)21)15-9-13(17)5-4-12(15)10-19-14-6-7-14/h4-5,9,14,19H,2-3,6-8,10-11H2,1H3,(H2,18,21). The van der Waals surface area contributed by atoms with Crippen LogP contribution in [-0.4, -0.2) is 25.0 Å². The van der Waals surface area contributed by atoms with E-state index in [0.29, 0.717) is 6.04 Å². The Kier molecular flexibility index (Phi) is 6.06. The van der Waals surface area contributed by atoms with Gasteiger partial charge < -0.3 is 16.0 Å². The maximum absolute atomic E-state index is 11.4. The van der Waals surface area contributed by atoms with Crippen molar-refractivity contribution in [2.24, 2.45) is 5.73 Å². The van der Waals surface area contributed by atoms with E-state index in [1.807, 2.05) is 0 Å². The molecule has 1 aromatic rings. The van der Waals surface area contributed by atoms with Gasteiger partial charge in [0, 0.05) is 29.3 Å². The molecule has 4 nitrogen and oxygen atoms in total. The fourth-order valence-electron chi connectivity index (χ4n) is 2.34. The fourth-order valence-corrected chi connectivity index (χ4v) is 2.69. The molecular weight excluding hydrogens is 330 g/mol. The Morgan fingerprint density at radius 2 is 2.24 bits per heavy atom. The van der Waals surface area contributed by atoms with Crippen LogP contribution in [-0.2, 0) is 11.3 Å². The zero-order valence-corrected chi connectivity index (χ0v) is 14.2. The van der Waals surface area contributed by atoms with Crippen LogP contribution in [0, 0.1) is 0 Å². The van der Waals surface area contributed by atoms with Gasteiger partial charge in [-0.1, -0.05) is 35.3 Å². The monoisotopic (exact) mass is 353 g/mol. The number of hydrogen-bond donors (Lipinski definition) is 2. The summed E-state index contributed by atoms with van der Waals surface area (Å²) in [5.74, 6) is -0.285. The zero-order chi connectivity index (χ0) is 15.2. The fraction of sp³-hybridized carbons (Fsp3) is 0.562. The lowest BCUT2D eigenvalue weighted by Crippen LogP contribution is -2.35. The predicted molar refractivity (Wildman–Crippen MR) is 90.3 cm³/mol. The topological polar surface area (TPSA) is 58.4 Å². The molecule has 1 amide bonds. The lowest BCUT2D eigenvalue weighted by atomic mass is 10.1. The van der Waals surface area contributed by atoms with E-state index < -0.39 is 0 Å². The predicted octanol–water partition coefficient (Wildman–Crippen LogP) is 2.79. The Balaban J connectivity index is 2.17. The van der Waals surface area contributed by atoms with Gasteiger partial charge in [0.25, 0.3) is 0 Å². The van der Waals surface area contributed by atoms with Crippen molar-refractivity contribution < 1.29 is 4.79 Å². The van der Waals surface area contributed by atoms with E-state index in [-0.39, 0.29) is 12.5 Å². The molecular formula is C16H24BrN3O. The van der Waals surface area contributed by atoms with Gasteiger partial charge >= 0.3 is 0 Å². The normalized spacial score (nSPS) is 14.2. The zero-order valence-electron chi connectivity index (χ0n) is 12.6.